The largest absolute Gasteiger partial charge is 0.344 e. The highest BCUT2D eigenvalue weighted by atomic mass is 16.2. The molecule has 2 aliphatic heterocycles. The van der Waals surface area contributed by atoms with Crippen molar-refractivity contribution >= 4 is 29.8 Å². The van der Waals surface area contributed by atoms with Gasteiger partial charge in [0, 0.05) is 0 Å². The standard InChI is InChI=1S/C22H27N5O5/c1-21(13-10-15-8-4-2-5-9-15)17(29)27(20(32)23-21)25-16(28)14-26-18(30)22(24-19(26)31)11-6-3-7-12-22/h2,4-5,8-9H,3,6-7,10-14H2,1H3,(H,23,32)(H,24,31)(H,25,28)/t21-/m0/s1. The lowest BCUT2D eigenvalue weighted by Crippen LogP contribution is -2.52. The number of nitrogens with one attached hydrogen (secondary N) is 3. The Morgan fingerprint density at radius 3 is 2.34 bits per heavy atom. The van der Waals surface area contributed by atoms with E-state index in [1.165, 1.54) is 0 Å². The fourth-order valence-electron chi connectivity index (χ4n) is 4.61. The van der Waals surface area contributed by atoms with E-state index in [4.69, 9.17) is 0 Å². The summed E-state index contributed by atoms with van der Waals surface area (Å²) in [7, 11) is 0. The maximum Gasteiger partial charge on any atom is 0.344 e. The maximum absolute atomic E-state index is 12.9. The summed E-state index contributed by atoms with van der Waals surface area (Å²) >= 11 is 0. The summed E-state index contributed by atoms with van der Waals surface area (Å²) in [4.78, 5) is 63.8. The van der Waals surface area contributed by atoms with Crippen molar-refractivity contribution < 1.29 is 24.0 Å². The van der Waals surface area contributed by atoms with Gasteiger partial charge < -0.3 is 10.6 Å². The molecule has 0 bridgehead atoms. The highest BCUT2D eigenvalue weighted by Crippen LogP contribution is 2.33. The average molecular weight is 441 g/mol. The van der Waals surface area contributed by atoms with Crippen molar-refractivity contribution in [2.45, 2.75) is 62.9 Å². The Hall–Kier alpha value is -3.43. The Morgan fingerprint density at radius 1 is 0.969 bits per heavy atom. The van der Waals surface area contributed by atoms with Gasteiger partial charge in [-0.1, -0.05) is 49.6 Å². The molecule has 3 N–H and O–H groups in total. The van der Waals surface area contributed by atoms with Crippen molar-refractivity contribution in [1.82, 2.24) is 26.0 Å². The van der Waals surface area contributed by atoms with Crippen LogP contribution >= 0.6 is 0 Å². The third-order valence-electron chi connectivity index (χ3n) is 6.51. The van der Waals surface area contributed by atoms with Crippen molar-refractivity contribution in [3.05, 3.63) is 35.9 Å². The summed E-state index contributed by atoms with van der Waals surface area (Å²) in [6.45, 7) is 1.04. The highest BCUT2D eigenvalue weighted by molar-refractivity contribution is 6.10. The van der Waals surface area contributed by atoms with E-state index in [0.717, 1.165) is 29.7 Å². The zero-order valence-electron chi connectivity index (χ0n) is 18.0. The van der Waals surface area contributed by atoms with E-state index in [1.807, 2.05) is 30.3 Å². The molecule has 1 saturated carbocycles. The second-order valence-corrected chi connectivity index (χ2v) is 8.89. The van der Waals surface area contributed by atoms with Gasteiger partial charge in [-0.2, -0.15) is 5.01 Å². The zero-order valence-corrected chi connectivity index (χ0v) is 18.0. The number of benzene rings is 1. The van der Waals surface area contributed by atoms with Gasteiger partial charge in [0.2, 0.25) is 0 Å². The maximum atomic E-state index is 12.9. The van der Waals surface area contributed by atoms with E-state index < -0.39 is 47.4 Å². The first kappa shape index (κ1) is 21.8. The molecule has 3 fully saturated rings. The lowest BCUT2D eigenvalue weighted by molar-refractivity contribution is -0.141. The summed E-state index contributed by atoms with van der Waals surface area (Å²) in [5.74, 6) is -1.81. The van der Waals surface area contributed by atoms with Crippen molar-refractivity contribution in [3.63, 3.8) is 0 Å². The van der Waals surface area contributed by atoms with Gasteiger partial charge >= 0.3 is 12.1 Å². The minimum Gasteiger partial charge on any atom is -0.323 e. The van der Waals surface area contributed by atoms with Crippen molar-refractivity contribution in [1.29, 1.82) is 0 Å². The molecule has 0 unspecified atom stereocenters. The number of hydrazine groups is 1. The molecule has 2 heterocycles. The lowest BCUT2D eigenvalue weighted by Gasteiger charge is -2.30. The predicted octanol–water partition coefficient (Wildman–Crippen LogP) is 1.22. The SMILES string of the molecule is C[C@@]1(CCc2ccccc2)NC(=O)N(NC(=O)CN2C(=O)NC3(CCCCC3)C2=O)C1=O. The van der Waals surface area contributed by atoms with Crippen LogP contribution in [0.1, 0.15) is 51.0 Å². The average Bonchev–Trinajstić information content (AvgIpc) is 3.13. The van der Waals surface area contributed by atoms with Crippen molar-refractivity contribution in [2.75, 3.05) is 6.54 Å². The molecular formula is C22H27N5O5. The van der Waals surface area contributed by atoms with Gasteiger partial charge in [-0.05, 0) is 38.2 Å². The predicted molar refractivity (Wildman–Crippen MR) is 113 cm³/mol. The molecule has 1 atom stereocenters. The van der Waals surface area contributed by atoms with Gasteiger partial charge in [0.05, 0.1) is 0 Å². The van der Waals surface area contributed by atoms with Crippen molar-refractivity contribution in [3.8, 4) is 0 Å². The van der Waals surface area contributed by atoms with Crippen LogP contribution in [0.25, 0.3) is 0 Å². The normalized spacial score (nSPS) is 24.7. The molecule has 1 aromatic rings. The van der Waals surface area contributed by atoms with Crippen LogP contribution in [0.15, 0.2) is 30.3 Å². The molecule has 2 saturated heterocycles. The lowest BCUT2D eigenvalue weighted by atomic mass is 9.82. The molecular weight excluding hydrogens is 414 g/mol. The Morgan fingerprint density at radius 2 is 1.66 bits per heavy atom. The fourth-order valence-corrected chi connectivity index (χ4v) is 4.61. The minimum atomic E-state index is -1.17. The number of rotatable bonds is 6. The molecule has 1 aliphatic carbocycles. The summed E-state index contributed by atoms with van der Waals surface area (Å²) in [6, 6.07) is 8.17. The molecule has 0 radical (unpaired) electrons. The van der Waals surface area contributed by atoms with E-state index in [0.29, 0.717) is 30.7 Å². The molecule has 10 heteroatoms. The number of imide groups is 2. The second-order valence-electron chi connectivity index (χ2n) is 8.89. The summed E-state index contributed by atoms with van der Waals surface area (Å²) in [5.41, 5.74) is 1.16. The van der Waals surface area contributed by atoms with Crippen molar-refractivity contribution in [2.24, 2.45) is 0 Å². The quantitative estimate of drug-likeness (QED) is 0.572. The summed E-state index contributed by atoms with van der Waals surface area (Å²) < 4.78 is 0. The van der Waals surface area contributed by atoms with Gasteiger partial charge in [-0.3, -0.25) is 24.7 Å². The van der Waals surface area contributed by atoms with Crippen LogP contribution in [0.2, 0.25) is 0 Å². The number of nitrogens with zero attached hydrogens (tertiary/aromatic N) is 2. The van der Waals surface area contributed by atoms with Gasteiger partial charge in [0.1, 0.15) is 17.6 Å². The van der Waals surface area contributed by atoms with E-state index >= 15 is 0 Å². The van der Waals surface area contributed by atoms with Crippen LogP contribution < -0.4 is 16.1 Å². The zero-order chi connectivity index (χ0) is 22.9. The minimum absolute atomic E-state index is 0.351. The van der Waals surface area contributed by atoms with Crippen LogP contribution in [0.4, 0.5) is 9.59 Å². The third kappa shape index (κ3) is 3.92. The number of amides is 7. The van der Waals surface area contributed by atoms with Gasteiger partial charge in [-0.25, -0.2) is 9.59 Å². The van der Waals surface area contributed by atoms with Crippen LogP contribution in [0.3, 0.4) is 0 Å². The molecule has 1 spiro atoms. The first-order chi connectivity index (χ1) is 15.2. The molecule has 4 rings (SSSR count). The van der Waals surface area contributed by atoms with Crippen LogP contribution in [-0.4, -0.2) is 57.3 Å². The molecule has 32 heavy (non-hydrogen) atoms. The smallest absolute Gasteiger partial charge is 0.323 e. The topological polar surface area (TPSA) is 128 Å². The fraction of sp³-hybridized carbons (Fsp3) is 0.500. The molecule has 170 valence electrons. The molecule has 7 amide bonds. The van der Waals surface area contributed by atoms with Crippen LogP contribution in [0.5, 0.6) is 0 Å². The van der Waals surface area contributed by atoms with E-state index in [-0.39, 0.29) is 0 Å². The van der Waals surface area contributed by atoms with Gasteiger partial charge in [-0.15, -0.1) is 0 Å². The Kier molecular flexibility index (Phi) is 5.62. The molecule has 0 aromatic heterocycles. The molecule has 1 aromatic carbocycles. The Bertz CT molecular complexity index is 959. The molecule has 10 nitrogen and oxygen atoms in total. The number of aryl methyl sites for hydroxylation is 1. The number of carbonyl (C=O) groups is 5. The second kappa shape index (κ2) is 8.25. The summed E-state index contributed by atoms with van der Waals surface area (Å²) in [6.07, 6.45) is 4.66. The van der Waals surface area contributed by atoms with E-state index in [2.05, 4.69) is 16.1 Å². The Labute approximate surface area is 185 Å². The number of hydrogen-bond acceptors (Lipinski definition) is 5. The molecule has 3 aliphatic rings. The Balaban J connectivity index is 1.37. The number of hydrogen-bond donors (Lipinski definition) is 3. The van der Waals surface area contributed by atoms with Crippen LogP contribution in [-0.2, 0) is 20.8 Å². The highest BCUT2D eigenvalue weighted by Gasteiger charge is 2.52. The number of carbonyl (C=O) groups excluding carboxylic acids is 5. The van der Waals surface area contributed by atoms with Crippen LogP contribution in [0, 0.1) is 0 Å². The first-order valence-electron chi connectivity index (χ1n) is 10.9. The first-order valence-corrected chi connectivity index (χ1v) is 10.9. The van der Waals surface area contributed by atoms with E-state index in [9.17, 15) is 24.0 Å². The van der Waals surface area contributed by atoms with Gasteiger partial charge in [0.25, 0.3) is 17.7 Å². The third-order valence-corrected chi connectivity index (χ3v) is 6.51. The van der Waals surface area contributed by atoms with E-state index in [1.54, 1.807) is 6.92 Å². The summed E-state index contributed by atoms with van der Waals surface area (Å²) in [5, 5.41) is 5.98. The van der Waals surface area contributed by atoms with Gasteiger partial charge in [0.15, 0.2) is 0 Å². The monoisotopic (exact) mass is 441 g/mol. The number of urea groups is 2.